The van der Waals surface area contributed by atoms with E-state index in [0.29, 0.717) is 12.3 Å². The van der Waals surface area contributed by atoms with Crippen molar-refractivity contribution < 1.29 is 4.79 Å². The SMILES string of the molecule is C=C1CCC(C(=C)C)C/C=C(/C)CCC1=O. The summed E-state index contributed by atoms with van der Waals surface area (Å²) in [7, 11) is 0. The number of carbonyl (C=O) groups is 1. The summed E-state index contributed by atoms with van der Waals surface area (Å²) in [5, 5.41) is 0. The largest absolute Gasteiger partial charge is 0.295 e. The lowest BCUT2D eigenvalue weighted by Gasteiger charge is -2.17. The number of Topliss-reactive ketones (excluding diaryl/α,β-unsaturated/α-hetero) is 1. The molecule has 1 aliphatic carbocycles. The van der Waals surface area contributed by atoms with Gasteiger partial charge in [-0.1, -0.05) is 30.4 Å². The van der Waals surface area contributed by atoms with E-state index in [-0.39, 0.29) is 5.78 Å². The predicted octanol–water partition coefficient (Wildman–Crippen LogP) is 4.21. The minimum atomic E-state index is 0.232. The molecular weight excluding hydrogens is 196 g/mol. The van der Waals surface area contributed by atoms with E-state index in [1.807, 2.05) is 0 Å². The normalized spacial score (nSPS) is 27.1. The van der Waals surface area contributed by atoms with Gasteiger partial charge in [-0.3, -0.25) is 4.79 Å². The van der Waals surface area contributed by atoms with Crippen LogP contribution in [-0.4, -0.2) is 5.78 Å². The molecule has 0 heterocycles. The van der Waals surface area contributed by atoms with Gasteiger partial charge in [0.25, 0.3) is 0 Å². The Labute approximate surface area is 98.9 Å². The first-order valence-electron chi connectivity index (χ1n) is 6.02. The summed E-state index contributed by atoms with van der Waals surface area (Å²) in [5.41, 5.74) is 3.32. The van der Waals surface area contributed by atoms with Crippen LogP contribution in [0.2, 0.25) is 0 Å². The third-order valence-corrected chi connectivity index (χ3v) is 3.38. The molecule has 1 atom stereocenters. The van der Waals surface area contributed by atoms with Crippen molar-refractivity contribution in [1.82, 2.24) is 0 Å². The average Bonchev–Trinajstić information content (AvgIpc) is 2.23. The third-order valence-electron chi connectivity index (χ3n) is 3.38. The van der Waals surface area contributed by atoms with Gasteiger partial charge in [0.1, 0.15) is 0 Å². The van der Waals surface area contributed by atoms with Crippen LogP contribution in [-0.2, 0) is 4.79 Å². The minimum Gasteiger partial charge on any atom is -0.295 e. The summed E-state index contributed by atoms with van der Waals surface area (Å²) >= 11 is 0. The van der Waals surface area contributed by atoms with Crippen molar-refractivity contribution in [2.45, 2.75) is 46.0 Å². The summed E-state index contributed by atoms with van der Waals surface area (Å²) in [6.07, 6.45) is 6.65. The van der Waals surface area contributed by atoms with E-state index < -0.39 is 0 Å². The van der Waals surface area contributed by atoms with Crippen molar-refractivity contribution in [2.24, 2.45) is 5.92 Å². The van der Waals surface area contributed by atoms with Crippen LogP contribution in [0.5, 0.6) is 0 Å². The molecule has 1 heteroatoms. The smallest absolute Gasteiger partial charge is 0.158 e. The van der Waals surface area contributed by atoms with Gasteiger partial charge in [0.2, 0.25) is 0 Å². The summed E-state index contributed by atoms with van der Waals surface area (Å²) in [6.45, 7) is 12.1. The molecule has 16 heavy (non-hydrogen) atoms. The van der Waals surface area contributed by atoms with Gasteiger partial charge in [0, 0.05) is 6.42 Å². The topological polar surface area (TPSA) is 17.1 Å². The molecule has 0 saturated heterocycles. The first-order chi connectivity index (χ1) is 7.50. The maximum atomic E-state index is 11.7. The average molecular weight is 218 g/mol. The number of rotatable bonds is 1. The van der Waals surface area contributed by atoms with E-state index in [4.69, 9.17) is 0 Å². The van der Waals surface area contributed by atoms with Gasteiger partial charge < -0.3 is 0 Å². The lowest BCUT2D eigenvalue weighted by Crippen LogP contribution is -2.08. The second-order valence-corrected chi connectivity index (χ2v) is 4.89. The molecule has 1 rings (SSSR count). The number of hydrogen-bond donors (Lipinski definition) is 0. The molecule has 0 aromatic heterocycles. The summed E-state index contributed by atoms with van der Waals surface area (Å²) in [4.78, 5) is 11.7. The van der Waals surface area contributed by atoms with E-state index in [1.165, 1.54) is 11.1 Å². The van der Waals surface area contributed by atoms with E-state index in [0.717, 1.165) is 31.3 Å². The van der Waals surface area contributed by atoms with Crippen LogP contribution < -0.4 is 0 Å². The summed E-state index contributed by atoms with van der Waals surface area (Å²) in [5.74, 6) is 0.729. The summed E-state index contributed by atoms with van der Waals surface area (Å²) in [6, 6.07) is 0. The molecule has 0 spiro atoms. The zero-order valence-corrected chi connectivity index (χ0v) is 10.5. The van der Waals surface area contributed by atoms with Crippen LogP contribution >= 0.6 is 0 Å². The highest BCUT2D eigenvalue weighted by molar-refractivity contribution is 5.94. The van der Waals surface area contributed by atoms with Gasteiger partial charge in [-0.15, -0.1) is 0 Å². The van der Waals surface area contributed by atoms with Crippen LogP contribution in [0.25, 0.3) is 0 Å². The zero-order valence-electron chi connectivity index (χ0n) is 10.5. The second kappa shape index (κ2) is 5.83. The van der Waals surface area contributed by atoms with E-state index >= 15 is 0 Å². The maximum absolute atomic E-state index is 11.7. The number of carbonyl (C=O) groups excluding carboxylic acids is 1. The highest BCUT2D eigenvalue weighted by Crippen LogP contribution is 2.25. The zero-order chi connectivity index (χ0) is 12.1. The number of ketones is 1. The molecule has 0 aromatic rings. The van der Waals surface area contributed by atoms with Crippen molar-refractivity contribution in [3.63, 3.8) is 0 Å². The number of hydrogen-bond acceptors (Lipinski definition) is 1. The van der Waals surface area contributed by atoms with Gasteiger partial charge in [0.05, 0.1) is 0 Å². The Morgan fingerprint density at radius 1 is 1.38 bits per heavy atom. The van der Waals surface area contributed by atoms with E-state index in [9.17, 15) is 4.79 Å². The monoisotopic (exact) mass is 218 g/mol. The van der Waals surface area contributed by atoms with Crippen molar-refractivity contribution in [1.29, 1.82) is 0 Å². The minimum absolute atomic E-state index is 0.232. The van der Waals surface area contributed by atoms with Gasteiger partial charge in [0.15, 0.2) is 5.78 Å². The Morgan fingerprint density at radius 2 is 2.06 bits per heavy atom. The Kier molecular flexibility index (Phi) is 4.72. The standard InChI is InChI=1S/C15H22O/c1-11(2)14-8-5-12(3)6-10-15(16)13(4)7-9-14/h5,14H,1,4,6-10H2,2-3H3/b12-5-. The number of allylic oxidation sites excluding steroid dienone is 4. The fourth-order valence-electron chi connectivity index (χ4n) is 1.99. The van der Waals surface area contributed by atoms with Crippen LogP contribution in [0.15, 0.2) is 36.0 Å². The maximum Gasteiger partial charge on any atom is 0.158 e. The molecule has 1 nitrogen and oxygen atoms in total. The Bertz CT molecular complexity index is 333. The van der Waals surface area contributed by atoms with Crippen LogP contribution in [0.3, 0.4) is 0 Å². The molecule has 88 valence electrons. The molecule has 0 bridgehead atoms. The molecule has 1 unspecified atom stereocenters. The lowest BCUT2D eigenvalue weighted by molar-refractivity contribution is -0.115. The molecule has 0 aromatic carbocycles. The van der Waals surface area contributed by atoms with Crippen molar-refractivity contribution in [3.8, 4) is 0 Å². The van der Waals surface area contributed by atoms with Crippen LogP contribution in [0.4, 0.5) is 0 Å². The molecular formula is C15H22O. The Morgan fingerprint density at radius 3 is 2.69 bits per heavy atom. The van der Waals surface area contributed by atoms with Gasteiger partial charge in [-0.25, -0.2) is 0 Å². The quantitative estimate of drug-likeness (QED) is 0.476. The van der Waals surface area contributed by atoms with Crippen molar-refractivity contribution in [2.75, 3.05) is 0 Å². The highest BCUT2D eigenvalue weighted by Gasteiger charge is 2.14. The highest BCUT2D eigenvalue weighted by atomic mass is 16.1. The van der Waals surface area contributed by atoms with Crippen molar-refractivity contribution in [3.05, 3.63) is 36.0 Å². The molecule has 0 amide bonds. The first-order valence-corrected chi connectivity index (χ1v) is 6.02. The third kappa shape index (κ3) is 3.80. The Hall–Kier alpha value is -1.11. The lowest BCUT2D eigenvalue weighted by atomic mass is 9.87. The summed E-state index contributed by atoms with van der Waals surface area (Å²) < 4.78 is 0. The molecule has 0 radical (unpaired) electrons. The van der Waals surface area contributed by atoms with E-state index in [2.05, 4.69) is 33.1 Å². The first kappa shape index (κ1) is 13.0. The molecule has 0 N–H and O–H groups in total. The fraction of sp³-hybridized carbons (Fsp3) is 0.533. The van der Waals surface area contributed by atoms with Gasteiger partial charge in [-0.2, -0.15) is 0 Å². The second-order valence-electron chi connectivity index (χ2n) is 4.89. The van der Waals surface area contributed by atoms with Gasteiger partial charge in [-0.05, 0) is 51.0 Å². The van der Waals surface area contributed by atoms with Crippen LogP contribution in [0, 0.1) is 5.92 Å². The van der Waals surface area contributed by atoms with Crippen molar-refractivity contribution >= 4 is 5.78 Å². The molecule has 0 fully saturated rings. The fourth-order valence-corrected chi connectivity index (χ4v) is 1.99. The Balaban J connectivity index is 2.78. The van der Waals surface area contributed by atoms with E-state index in [1.54, 1.807) is 0 Å². The molecule has 1 aliphatic rings. The molecule has 0 saturated carbocycles. The van der Waals surface area contributed by atoms with Crippen LogP contribution in [0.1, 0.15) is 46.0 Å². The van der Waals surface area contributed by atoms with Gasteiger partial charge >= 0.3 is 0 Å². The molecule has 0 aliphatic heterocycles. The predicted molar refractivity (Wildman–Crippen MR) is 69.3 cm³/mol.